The number of ether oxygens (including phenoxy) is 1. The van der Waals surface area contributed by atoms with Crippen LogP contribution in [-0.4, -0.2) is 100 Å². The molecule has 0 saturated carbocycles. The number of carbonyl (C=O) groups excluding carboxylic acids is 1. The third kappa shape index (κ3) is 5.47. The molecule has 3 aliphatic rings. The molecule has 0 bridgehead atoms. The van der Waals surface area contributed by atoms with Crippen LogP contribution >= 0.6 is 0 Å². The van der Waals surface area contributed by atoms with Crippen LogP contribution in [0.1, 0.15) is 24.7 Å². The molecule has 0 aliphatic carbocycles. The summed E-state index contributed by atoms with van der Waals surface area (Å²) in [7, 11) is 0. The quantitative estimate of drug-likeness (QED) is 0.460. The van der Waals surface area contributed by atoms with Crippen LogP contribution in [0.4, 0.5) is 18.0 Å². The predicted octanol–water partition coefficient (Wildman–Crippen LogP) is 1.84. The molecule has 202 valence electrons. The van der Waals surface area contributed by atoms with Crippen LogP contribution in [0.25, 0.3) is 11.3 Å². The minimum atomic E-state index is -1.14. The number of benzene rings is 1. The van der Waals surface area contributed by atoms with Crippen LogP contribution in [0, 0.1) is 23.5 Å². The molecule has 2 aromatic rings. The first-order chi connectivity index (χ1) is 17.8. The molecule has 2 amide bonds. The molecular formula is C25H32F3N5O4. The van der Waals surface area contributed by atoms with Crippen molar-refractivity contribution in [3.63, 3.8) is 0 Å². The topological polar surface area (TPSA) is 114 Å². The molecule has 3 saturated heterocycles. The maximum Gasteiger partial charge on any atom is 0.320 e. The number of hydrogen-bond acceptors (Lipinski definition) is 6. The summed E-state index contributed by atoms with van der Waals surface area (Å²) in [6, 6.07) is 2.06. The van der Waals surface area contributed by atoms with Crippen molar-refractivity contribution in [1.82, 2.24) is 25.1 Å². The zero-order valence-electron chi connectivity index (χ0n) is 20.3. The second-order valence-corrected chi connectivity index (χ2v) is 10.1. The van der Waals surface area contributed by atoms with Crippen molar-refractivity contribution in [2.24, 2.45) is 11.8 Å². The first kappa shape index (κ1) is 26.0. The third-order valence-electron chi connectivity index (χ3n) is 7.61. The lowest BCUT2D eigenvalue weighted by atomic mass is 9.89. The number of halogens is 3. The number of aliphatic hydroxyl groups is 2. The SMILES string of the molecule is O=C(N1CC(O)C(O)C1)N(CC1CNCC1F)C(c1ncc(-c2cc(F)ccc2F)[nH]1)C1CCOCC1. The van der Waals surface area contributed by atoms with E-state index in [1.54, 1.807) is 4.90 Å². The fourth-order valence-corrected chi connectivity index (χ4v) is 5.54. The van der Waals surface area contributed by atoms with Gasteiger partial charge in [-0.05, 0) is 37.0 Å². The Balaban J connectivity index is 1.52. The number of nitrogens with one attached hydrogen (secondary N) is 2. The number of H-pyrrole nitrogens is 1. The van der Waals surface area contributed by atoms with E-state index in [4.69, 9.17) is 4.74 Å². The highest BCUT2D eigenvalue weighted by molar-refractivity contribution is 5.75. The van der Waals surface area contributed by atoms with Gasteiger partial charge in [0, 0.05) is 44.3 Å². The number of aromatic nitrogens is 2. The molecule has 5 atom stereocenters. The van der Waals surface area contributed by atoms with E-state index < -0.39 is 48.0 Å². The predicted molar refractivity (Wildman–Crippen MR) is 127 cm³/mol. The number of likely N-dealkylation sites (tertiary alicyclic amines) is 1. The minimum Gasteiger partial charge on any atom is -0.388 e. The number of aromatic amines is 1. The second kappa shape index (κ2) is 11.0. The van der Waals surface area contributed by atoms with Crippen molar-refractivity contribution >= 4 is 6.03 Å². The first-order valence-corrected chi connectivity index (χ1v) is 12.7. The molecule has 1 aromatic carbocycles. The number of imidazole rings is 1. The van der Waals surface area contributed by atoms with Gasteiger partial charge < -0.3 is 35.1 Å². The summed E-state index contributed by atoms with van der Waals surface area (Å²) in [6.07, 6.45) is -0.645. The summed E-state index contributed by atoms with van der Waals surface area (Å²) in [6.45, 7) is 1.55. The van der Waals surface area contributed by atoms with Crippen molar-refractivity contribution < 1.29 is 32.9 Å². The fraction of sp³-hybridized carbons (Fsp3) is 0.600. The van der Waals surface area contributed by atoms with Gasteiger partial charge >= 0.3 is 6.03 Å². The number of β-amino-alcohol motifs (C(OH)–C–C–N with tert-alkyl or cyclic N) is 2. The molecular weight excluding hydrogens is 491 g/mol. The molecule has 37 heavy (non-hydrogen) atoms. The van der Waals surface area contributed by atoms with Gasteiger partial charge in [-0.15, -0.1) is 0 Å². The fourth-order valence-electron chi connectivity index (χ4n) is 5.54. The normalized spacial score (nSPS) is 27.5. The van der Waals surface area contributed by atoms with Gasteiger partial charge in [-0.25, -0.2) is 22.9 Å². The monoisotopic (exact) mass is 523 g/mol. The molecule has 1 aromatic heterocycles. The Morgan fingerprint density at radius 3 is 2.59 bits per heavy atom. The Bertz CT molecular complexity index is 1090. The van der Waals surface area contributed by atoms with Crippen LogP contribution in [0.2, 0.25) is 0 Å². The number of nitrogens with zero attached hydrogens (tertiary/aromatic N) is 3. The lowest BCUT2D eigenvalue weighted by Crippen LogP contribution is -2.50. The van der Waals surface area contributed by atoms with Crippen molar-refractivity contribution in [2.45, 2.75) is 37.3 Å². The Hall–Kier alpha value is -2.67. The standard InChI is InChI=1S/C25H32F3N5O4/c26-16-1-2-18(27)17(7-16)20-10-30-24(31-20)23(14-3-5-37-6-4-14)33(11-15-8-29-9-19(15)28)25(36)32-12-21(34)22(35)13-32/h1-2,7,10,14-15,19,21-23,29,34-35H,3-6,8-9,11-13H2,(H,30,31). The Morgan fingerprint density at radius 2 is 1.92 bits per heavy atom. The van der Waals surface area contributed by atoms with Crippen molar-refractivity contribution in [2.75, 3.05) is 45.9 Å². The molecule has 0 radical (unpaired) electrons. The average molecular weight is 524 g/mol. The number of urea groups is 1. The third-order valence-corrected chi connectivity index (χ3v) is 7.61. The zero-order valence-corrected chi connectivity index (χ0v) is 20.3. The van der Waals surface area contributed by atoms with E-state index in [0.29, 0.717) is 38.4 Å². The number of amides is 2. The average Bonchev–Trinajstić information content (AvgIpc) is 3.62. The smallest absolute Gasteiger partial charge is 0.320 e. The minimum absolute atomic E-state index is 0.0111. The summed E-state index contributed by atoms with van der Waals surface area (Å²) in [5.41, 5.74) is 0.270. The van der Waals surface area contributed by atoms with Crippen molar-refractivity contribution in [3.05, 3.63) is 41.9 Å². The maximum absolute atomic E-state index is 14.7. The first-order valence-electron chi connectivity index (χ1n) is 12.7. The lowest BCUT2D eigenvalue weighted by Gasteiger charge is -2.40. The number of alkyl halides is 1. The molecule has 0 spiro atoms. The molecule has 5 unspecified atom stereocenters. The maximum atomic E-state index is 14.7. The number of hydrogen-bond donors (Lipinski definition) is 4. The van der Waals surface area contributed by atoms with Crippen LogP contribution in [-0.2, 0) is 4.74 Å². The van der Waals surface area contributed by atoms with Crippen LogP contribution in [0.15, 0.2) is 24.4 Å². The highest BCUT2D eigenvalue weighted by atomic mass is 19.1. The molecule has 3 fully saturated rings. The van der Waals surface area contributed by atoms with E-state index in [2.05, 4.69) is 15.3 Å². The van der Waals surface area contributed by atoms with Crippen LogP contribution < -0.4 is 5.32 Å². The van der Waals surface area contributed by atoms with Gasteiger partial charge in [0.1, 0.15) is 23.6 Å². The number of carbonyl (C=O) groups is 1. The van der Waals surface area contributed by atoms with Gasteiger partial charge in [0.05, 0.1) is 43.2 Å². The highest BCUT2D eigenvalue weighted by Gasteiger charge is 2.43. The molecule has 12 heteroatoms. The molecule has 5 rings (SSSR count). The highest BCUT2D eigenvalue weighted by Crippen LogP contribution is 2.37. The van der Waals surface area contributed by atoms with E-state index in [1.165, 1.54) is 11.1 Å². The van der Waals surface area contributed by atoms with E-state index >= 15 is 0 Å². The van der Waals surface area contributed by atoms with Crippen molar-refractivity contribution in [1.29, 1.82) is 0 Å². The van der Waals surface area contributed by atoms with Crippen LogP contribution in [0.3, 0.4) is 0 Å². The zero-order chi connectivity index (χ0) is 26.1. The number of rotatable bonds is 6. The molecule has 4 heterocycles. The van der Waals surface area contributed by atoms with Crippen LogP contribution in [0.5, 0.6) is 0 Å². The summed E-state index contributed by atoms with van der Waals surface area (Å²) in [4.78, 5) is 24.4. The summed E-state index contributed by atoms with van der Waals surface area (Å²) in [5.74, 6) is -1.40. The largest absolute Gasteiger partial charge is 0.388 e. The molecule has 4 N–H and O–H groups in total. The number of aliphatic hydroxyl groups excluding tert-OH is 2. The second-order valence-electron chi connectivity index (χ2n) is 10.1. The van der Waals surface area contributed by atoms with E-state index in [-0.39, 0.29) is 43.4 Å². The lowest BCUT2D eigenvalue weighted by molar-refractivity contribution is 0.0217. The van der Waals surface area contributed by atoms with Gasteiger partial charge in [-0.2, -0.15) is 0 Å². The van der Waals surface area contributed by atoms with E-state index in [9.17, 15) is 28.2 Å². The van der Waals surface area contributed by atoms with Gasteiger partial charge in [0.2, 0.25) is 0 Å². The summed E-state index contributed by atoms with van der Waals surface area (Å²) in [5, 5.41) is 23.2. The summed E-state index contributed by atoms with van der Waals surface area (Å²) < 4.78 is 48.6. The molecule has 3 aliphatic heterocycles. The van der Waals surface area contributed by atoms with Gasteiger partial charge in [-0.1, -0.05) is 0 Å². The van der Waals surface area contributed by atoms with Gasteiger partial charge in [0.25, 0.3) is 0 Å². The molecule has 9 nitrogen and oxygen atoms in total. The van der Waals surface area contributed by atoms with Crippen molar-refractivity contribution in [3.8, 4) is 11.3 Å². The Kier molecular flexibility index (Phi) is 7.70. The van der Waals surface area contributed by atoms with Gasteiger partial charge in [-0.3, -0.25) is 0 Å². The van der Waals surface area contributed by atoms with E-state index in [0.717, 1.165) is 18.2 Å². The summed E-state index contributed by atoms with van der Waals surface area (Å²) >= 11 is 0. The Morgan fingerprint density at radius 1 is 1.19 bits per heavy atom. The van der Waals surface area contributed by atoms with Gasteiger partial charge in [0.15, 0.2) is 0 Å². The van der Waals surface area contributed by atoms with E-state index in [1.807, 2.05) is 0 Å². The Labute approximate surface area is 212 Å².